The molecule has 4 heteroatoms. The maximum absolute atomic E-state index is 12.5. The summed E-state index contributed by atoms with van der Waals surface area (Å²) in [7, 11) is 0. The summed E-state index contributed by atoms with van der Waals surface area (Å²) in [6.07, 6.45) is 0.152. The average molecular weight is 394 g/mol. The molecule has 28 heavy (non-hydrogen) atoms. The summed E-state index contributed by atoms with van der Waals surface area (Å²) in [4.78, 5) is 12.5. The van der Waals surface area contributed by atoms with Crippen LogP contribution in [0.3, 0.4) is 0 Å². The predicted octanol–water partition coefficient (Wildman–Crippen LogP) is 5.36. The molecule has 1 atom stereocenters. The third-order valence-corrected chi connectivity index (χ3v) is 5.65. The number of hydrogen-bond acceptors (Lipinski definition) is 3. The van der Waals surface area contributed by atoms with Crippen molar-refractivity contribution < 1.29 is 9.53 Å². The smallest absolute Gasteiger partial charge is 0.261 e. The van der Waals surface area contributed by atoms with Gasteiger partial charge in [-0.3, -0.25) is 4.79 Å². The van der Waals surface area contributed by atoms with Gasteiger partial charge in [-0.2, -0.15) is 11.8 Å². The molecule has 146 valence electrons. The molecule has 0 fully saturated rings. The van der Waals surface area contributed by atoms with E-state index in [4.69, 9.17) is 4.74 Å². The monoisotopic (exact) mass is 393 g/mol. The molecule has 0 saturated heterocycles. The maximum atomic E-state index is 12.5. The van der Waals surface area contributed by atoms with Gasteiger partial charge >= 0.3 is 0 Å². The summed E-state index contributed by atoms with van der Waals surface area (Å²) in [6, 6.07) is 22.6. The molecule has 0 aliphatic carbocycles. The van der Waals surface area contributed by atoms with E-state index in [2.05, 4.69) is 48.6 Å². The Morgan fingerprint density at radius 2 is 1.79 bits per heavy atom. The Morgan fingerprint density at radius 3 is 2.57 bits per heavy atom. The minimum Gasteiger partial charge on any atom is -0.480 e. The fourth-order valence-corrected chi connectivity index (χ4v) is 3.83. The number of aryl methyl sites for hydroxylation is 1. The van der Waals surface area contributed by atoms with E-state index in [-0.39, 0.29) is 5.91 Å². The highest BCUT2D eigenvalue weighted by Crippen LogP contribution is 2.26. The highest BCUT2D eigenvalue weighted by molar-refractivity contribution is 7.98. The van der Waals surface area contributed by atoms with Gasteiger partial charge in [0.1, 0.15) is 5.75 Å². The molecule has 3 aromatic rings. The zero-order chi connectivity index (χ0) is 19.8. The molecule has 0 aromatic heterocycles. The van der Waals surface area contributed by atoms with Gasteiger partial charge in [-0.1, -0.05) is 73.2 Å². The van der Waals surface area contributed by atoms with Crippen molar-refractivity contribution in [2.24, 2.45) is 0 Å². The van der Waals surface area contributed by atoms with Crippen molar-refractivity contribution in [2.45, 2.75) is 32.1 Å². The largest absolute Gasteiger partial charge is 0.480 e. The molecule has 0 radical (unpaired) electrons. The summed E-state index contributed by atoms with van der Waals surface area (Å²) in [5, 5.41) is 5.16. The first-order chi connectivity index (χ1) is 13.7. The van der Waals surface area contributed by atoms with Crippen molar-refractivity contribution in [3.05, 3.63) is 77.9 Å². The molecular weight excluding hydrogens is 366 g/mol. The number of carbonyl (C=O) groups is 1. The molecule has 0 aliphatic rings. The lowest BCUT2D eigenvalue weighted by Gasteiger charge is -2.18. The van der Waals surface area contributed by atoms with Crippen LogP contribution < -0.4 is 10.1 Å². The van der Waals surface area contributed by atoms with Crippen LogP contribution in [0.15, 0.2) is 66.7 Å². The molecule has 3 rings (SSSR count). The highest BCUT2D eigenvalue weighted by atomic mass is 32.2. The maximum Gasteiger partial charge on any atom is 0.261 e. The number of carbonyl (C=O) groups excluding carboxylic acids is 1. The number of thioether (sulfide) groups is 1. The standard InChI is InChI=1S/C24H27NO2S/c1-3-22(27-23-10-6-8-20-7-4-5-9-21(20)23)24(26)25-15-16-28-17-19-13-11-18(2)12-14-19/h4-14,22H,3,15-17H2,1-2H3,(H,25,26)/t22-/m1/s1. The van der Waals surface area contributed by atoms with Gasteiger partial charge in [0.05, 0.1) is 0 Å². The van der Waals surface area contributed by atoms with E-state index < -0.39 is 6.10 Å². The SMILES string of the molecule is CC[C@@H](Oc1cccc2ccccc12)C(=O)NCCSCc1ccc(C)cc1. The van der Waals surface area contributed by atoms with Crippen LogP contribution in [-0.4, -0.2) is 24.3 Å². The van der Waals surface area contributed by atoms with Gasteiger partial charge in [0.15, 0.2) is 6.10 Å². The lowest BCUT2D eigenvalue weighted by Crippen LogP contribution is -2.39. The number of ether oxygens (including phenoxy) is 1. The third-order valence-electron chi connectivity index (χ3n) is 4.62. The van der Waals surface area contributed by atoms with Crippen LogP contribution in [0.1, 0.15) is 24.5 Å². The molecule has 0 unspecified atom stereocenters. The number of benzene rings is 3. The Hall–Kier alpha value is -2.46. The highest BCUT2D eigenvalue weighted by Gasteiger charge is 2.18. The summed E-state index contributed by atoms with van der Waals surface area (Å²) in [5.74, 6) is 2.55. The van der Waals surface area contributed by atoms with Crippen molar-refractivity contribution in [2.75, 3.05) is 12.3 Å². The van der Waals surface area contributed by atoms with Gasteiger partial charge in [0.25, 0.3) is 5.91 Å². The van der Waals surface area contributed by atoms with Gasteiger partial charge in [-0.25, -0.2) is 0 Å². The summed E-state index contributed by atoms with van der Waals surface area (Å²) in [5.41, 5.74) is 2.59. The van der Waals surface area contributed by atoms with Crippen molar-refractivity contribution >= 4 is 28.4 Å². The molecule has 0 aliphatic heterocycles. The first-order valence-corrected chi connectivity index (χ1v) is 10.9. The Balaban J connectivity index is 1.47. The van der Waals surface area contributed by atoms with Gasteiger partial charge in [0.2, 0.25) is 0 Å². The molecular formula is C24H27NO2S. The van der Waals surface area contributed by atoms with Gasteiger partial charge in [-0.05, 0) is 30.4 Å². The zero-order valence-electron chi connectivity index (χ0n) is 16.5. The summed E-state index contributed by atoms with van der Waals surface area (Å²) < 4.78 is 6.06. The zero-order valence-corrected chi connectivity index (χ0v) is 17.3. The molecule has 3 nitrogen and oxygen atoms in total. The average Bonchev–Trinajstić information content (AvgIpc) is 2.73. The van der Waals surface area contributed by atoms with Crippen LogP contribution in [0.25, 0.3) is 10.8 Å². The van der Waals surface area contributed by atoms with Crippen LogP contribution in [0.2, 0.25) is 0 Å². The lowest BCUT2D eigenvalue weighted by atomic mass is 10.1. The second kappa shape index (κ2) is 10.2. The Labute approximate surface area is 171 Å². The van der Waals surface area contributed by atoms with Crippen molar-refractivity contribution in [1.82, 2.24) is 5.32 Å². The normalized spacial score (nSPS) is 11.9. The van der Waals surface area contributed by atoms with Gasteiger partial charge in [0, 0.05) is 23.4 Å². The second-order valence-electron chi connectivity index (χ2n) is 6.82. The Kier molecular flexibility index (Phi) is 7.38. The van der Waals surface area contributed by atoms with Gasteiger partial charge < -0.3 is 10.1 Å². The predicted molar refractivity (Wildman–Crippen MR) is 119 cm³/mol. The fourth-order valence-electron chi connectivity index (χ4n) is 3.01. The van der Waals surface area contributed by atoms with E-state index in [9.17, 15) is 4.79 Å². The third kappa shape index (κ3) is 5.52. The summed E-state index contributed by atoms with van der Waals surface area (Å²) >= 11 is 1.82. The number of amides is 1. The molecule has 0 bridgehead atoms. The minimum atomic E-state index is -0.479. The van der Waals surface area contributed by atoms with E-state index in [0.717, 1.165) is 28.0 Å². The van der Waals surface area contributed by atoms with E-state index in [1.165, 1.54) is 11.1 Å². The number of hydrogen-bond donors (Lipinski definition) is 1. The Morgan fingerprint density at radius 1 is 1.04 bits per heavy atom. The van der Waals surface area contributed by atoms with E-state index in [1.54, 1.807) is 0 Å². The molecule has 3 aromatic carbocycles. The van der Waals surface area contributed by atoms with Crippen molar-refractivity contribution in [3.8, 4) is 5.75 Å². The van der Waals surface area contributed by atoms with E-state index in [0.29, 0.717) is 13.0 Å². The van der Waals surface area contributed by atoms with Gasteiger partial charge in [-0.15, -0.1) is 0 Å². The van der Waals surface area contributed by atoms with E-state index in [1.807, 2.05) is 49.0 Å². The first-order valence-electron chi connectivity index (χ1n) is 9.73. The molecule has 1 amide bonds. The minimum absolute atomic E-state index is 0.0497. The molecule has 0 spiro atoms. The van der Waals surface area contributed by atoms with Crippen LogP contribution in [-0.2, 0) is 10.5 Å². The molecule has 0 saturated carbocycles. The molecule has 1 N–H and O–H groups in total. The van der Waals surface area contributed by atoms with Crippen molar-refractivity contribution in [1.29, 1.82) is 0 Å². The number of fused-ring (bicyclic) bond motifs is 1. The lowest BCUT2D eigenvalue weighted by molar-refractivity contribution is -0.127. The fraction of sp³-hybridized carbons (Fsp3) is 0.292. The van der Waals surface area contributed by atoms with E-state index >= 15 is 0 Å². The quantitative estimate of drug-likeness (QED) is 0.498. The van der Waals surface area contributed by atoms with Crippen molar-refractivity contribution in [3.63, 3.8) is 0 Å². The Bertz CT molecular complexity index is 903. The van der Waals surface area contributed by atoms with Crippen LogP contribution >= 0.6 is 11.8 Å². The van der Waals surface area contributed by atoms with Crippen LogP contribution in [0.4, 0.5) is 0 Å². The molecule has 0 heterocycles. The summed E-state index contributed by atoms with van der Waals surface area (Å²) in [6.45, 7) is 4.71. The topological polar surface area (TPSA) is 38.3 Å². The first kappa shape index (κ1) is 20.3. The number of rotatable bonds is 9. The van der Waals surface area contributed by atoms with Crippen LogP contribution in [0.5, 0.6) is 5.75 Å². The number of nitrogens with one attached hydrogen (secondary N) is 1. The van der Waals surface area contributed by atoms with Crippen LogP contribution in [0, 0.1) is 6.92 Å². The second-order valence-corrected chi connectivity index (χ2v) is 7.93.